The smallest absolute Gasteiger partial charge is 0.306 e. The Kier molecular flexibility index (Phi) is 3.16. The summed E-state index contributed by atoms with van der Waals surface area (Å²) in [5.74, 6) is -1.35. The third-order valence-electron chi connectivity index (χ3n) is 2.56. The largest absolute Gasteiger partial charge is 0.481 e. The highest BCUT2D eigenvalue weighted by molar-refractivity contribution is 7.88. The summed E-state index contributed by atoms with van der Waals surface area (Å²) in [4.78, 5) is 10.6. The third kappa shape index (κ3) is 2.45. The van der Waals surface area contributed by atoms with E-state index < -0.39 is 21.9 Å². The van der Waals surface area contributed by atoms with Gasteiger partial charge in [0.1, 0.15) is 0 Å². The van der Waals surface area contributed by atoms with Gasteiger partial charge in [0.25, 0.3) is 0 Å². The van der Waals surface area contributed by atoms with Crippen molar-refractivity contribution in [3.05, 3.63) is 0 Å². The Balaban J connectivity index is 2.53. The maximum absolute atomic E-state index is 11.2. The maximum atomic E-state index is 11.2. The molecule has 0 saturated carbocycles. The zero-order valence-electron chi connectivity index (χ0n) is 8.30. The Morgan fingerprint density at radius 2 is 2.21 bits per heavy atom. The lowest BCUT2D eigenvalue weighted by molar-refractivity contribution is -0.141. The van der Waals surface area contributed by atoms with Gasteiger partial charge in [-0.3, -0.25) is 4.79 Å². The van der Waals surface area contributed by atoms with Crippen molar-refractivity contribution >= 4 is 16.0 Å². The van der Waals surface area contributed by atoms with Crippen molar-refractivity contribution in [2.45, 2.75) is 25.8 Å². The molecular formula is C8H15NO4S. The molecule has 0 aromatic carbocycles. The first-order valence-electron chi connectivity index (χ1n) is 4.52. The molecule has 0 aromatic heterocycles. The molecule has 0 aliphatic carbocycles. The molecule has 0 spiro atoms. The van der Waals surface area contributed by atoms with Gasteiger partial charge in [-0.15, -0.1) is 0 Å². The van der Waals surface area contributed by atoms with Crippen molar-refractivity contribution in [1.29, 1.82) is 0 Å². The summed E-state index contributed by atoms with van der Waals surface area (Å²) in [5, 5.41) is 8.67. The summed E-state index contributed by atoms with van der Waals surface area (Å²) in [6.45, 7) is 2.12. The number of aliphatic carboxylic acids is 1. The van der Waals surface area contributed by atoms with E-state index in [1.165, 1.54) is 4.31 Å². The highest BCUT2D eigenvalue weighted by Crippen LogP contribution is 2.26. The molecule has 1 saturated heterocycles. The Labute approximate surface area is 83.8 Å². The van der Waals surface area contributed by atoms with E-state index in [0.29, 0.717) is 13.0 Å². The van der Waals surface area contributed by atoms with E-state index in [2.05, 4.69) is 0 Å². The zero-order valence-corrected chi connectivity index (χ0v) is 9.12. The van der Waals surface area contributed by atoms with Crippen molar-refractivity contribution < 1.29 is 18.3 Å². The van der Waals surface area contributed by atoms with Gasteiger partial charge in [-0.05, 0) is 12.8 Å². The number of carboxylic acid groups (broad SMARTS) is 1. The van der Waals surface area contributed by atoms with Crippen LogP contribution in [0.25, 0.3) is 0 Å². The molecule has 0 aromatic rings. The molecule has 82 valence electrons. The Bertz CT molecular complexity index is 324. The van der Waals surface area contributed by atoms with Crippen molar-refractivity contribution in [3.8, 4) is 0 Å². The van der Waals surface area contributed by atoms with E-state index in [-0.39, 0.29) is 6.04 Å². The molecule has 1 aliphatic heterocycles. The first-order valence-corrected chi connectivity index (χ1v) is 6.37. The van der Waals surface area contributed by atoms with Gasteiger partial charge in [0.2, 0.25) is 10.0 Å². The molecule has 5 nitrogen and oxygen atoms in total. The summed E-state index contributed by atoms with van der Waals surface area (Å²) < 4.78 is 23.7. The van der Waals surface area contributed by atoms with Crippen molar-refractivity contribution in [2.24, 2.45) is 5.92 Å². The van der Waals surface area contributed by atoms with Gasteiger partial charge < -0.3 is 5.11 Å². The maximum Gasteiger partial charge on any atom is 0.306 e. The minimum absolute atomic E-state index is 0.115. The second-order valence-corrected chi connectivity index (χ2v) is 5.73. The van der Waals surface area contributed by atoms with Crippen molar-refractivity contribution in [3.63, 3.8) is 0 Å². The van der Waals surface area contributed by atoms with Gasteiger partial charge in [-0.1, -0.05) is 6.92 Å². The van der Waals surface area contributed by atoms with Crippen LogP contribution in [0.2, 0.25) is 0 Å². The standard InChI is InChI=1S/C8H15NO4S/c1-6(8(10)11)5-7-3-4-9(7)14(2,12)13/h6-7H,3-5H2,1-2H3,(H,10,11). The number of carboxylic acids is 1. The SMILES string of the molecule is CC(CC1CCN1S(C)(=O)=O)C(=O)O. The van der Waals surface area contributed by atoms with Gasteiger partial charge in [-0.2, -0.15) is 4.31 Å². The summed E-state index contributed by atoms with van der Waals surface area (Å²) in [7, 11) is -3.15. The first kappa shape index (κ1) is 11.5. The summed E-state index contributed by atoms with van der Waals surface area (Å²) in [5.41, 5.74) is 0. The zero-order chi connectivity index (χ0) is 10.9. The summed E-state index contributed by atoms with van der Waals surface area (Å²) >= 11 is 0. The van der Waals surface area contributed by atoms with E-state index in [1.807, 2.05) is 0 Å². The van der Waals surface area contributed by atoms with Crippen LogP contribution < -0.4 is 0 Å². The molecule has 1 heterocycles. The molecule has 6 heteroatoms. The van der Waals surface area contributed by atoms with E-state index >= 15 is 0 Å². The molecule has 14 heavy (non-hydrogen) atoms. The molecule has 2 unspecified atom stereocenters. The number of hydrogen-bond acceptors (Lipinski definition) is 3. The molecular weight excluding hydrogens is 206 g/mol. The highest BCUT2D eigenvalue weighted by atomic mass is 32.2. The van der Waals surface area contributed by atoms with E-state index in [4.69, 9.17) is 5.11 Å². The van der Waals surface area contributed by atoms with Crippen LogP contribution in [0.4, 0.5) is 0 Å². The van der Waals surface area contributed by atoms with Gasteiger partial charge >= 0.3 is 5.97 Å². The number of rotatable bonds is 4. The van der Waals surface area contributed by atoms with Crippen LogP contribution in [-0.2, 0) is 14.8 Å². The van der Waals surface area contributed by atoms with Gasteiger partial charge in [0, 0.05) is 12.6 Å². The fourth-order valence-electron chi connectivity index (χ4n) is 1.60. The molecule has 0 radical (unpaired) electrons. The normalized spacial score (nSPS) is 25.4. The Hall–Kier alpha value is -0.620. The van der Waals surface area contributed by atoms with Gasteiger partial charge in [0.15, 0.2) is 0 Å². The van der Waals surface area contributed by atoms with Crippen molar-refractivity contribution in [1.82, 2.24) is 4.31 Å². The lowest BCUT2D eigenvalue weighted by atomic mass is 9.95. The minimum atomic E-state index is -3.15. The molecule has 0 bridgehead atoms. The van der Waals surface area contributed by atoms with Crippen LogP contribution in [0, 0.1) is 5.92 Å². The summed E-state index contributed by atoms with van der Waals surface area (Å²) in [6.07, 6.45) is 2.33. The molecule has 2 atom stereocenters. The van der Waals surface area contributed by atoms with Crippen LogP contribution in [0.15, 0.2) is 0 Å². The predicted octanol–water partition coefficient (Wildman–Crippen LogP) is 0.131. The van der Waals surface area contributed by atoms with E-state index in [1.54, 1.807) is 6.92 Å². The number of hydrogen-bond donors (Lipinski definition) is 1. The summed E-state index contributed by atoms with van der Waals surface area (Å²) in [6, 6.07) is -0.115. The lowest BCUT2D eigenvalue weighted by Gasteiger charge is -2.39. The number of nitrogens with zero attached hydrogens (tertiary/aromatic N) is 1. The third-order valence-corrected chi connectivity index (χ3v) is 3.90. The van der Waals surface area contributed by atoms with Crippen LogP contribution in [0.1, 0.15) is 19.8 Å². The molecule has 1 aliphatic rings. The fraction of sp³-hybridized carbons (Fsp3) is 0.875. The molecule has 1 rings (SSSR count). The van der Waals surface area contributed by atoms with Crippen LogP contribution >= 0.6 is 0 Å². The second kappa shape index (κ2) is 3.86. The van der Waals surface area contributed by atoms with E-state index in [0.717, 1.165) is 12.7 Å². The average Bonchev–Trinajstić information content (AvgIpc) is 1.93. The second-order valence-electron chi connectivity index (χ2n) is 3.79. The molecule has 0 amide bonds. The monoisotopic (exact) mass is 221 g/mol. The first-order chi connectivity index (χ1) is 6.32. The average molecular weight is 221 g/mol. The van der Waals surface area contributed by atoms with Gasteiger partial charge in [0.05, 0.1) is 12.2 Å². The Morgan fingerprint density at radius 1 is 1.64 bits per heavy atom. The highest BCUT2D eigenvalue weighted by Gasteiger charge is 2.36. The van der Waals surface area contributed by atoms with Crippen LogP contribution in [0.3, 0.4) is 0 Å². The molecule has 1 N–H and O–H groups in total. The van der Waals surface area contributed by atoms with E-state index in [9.17, 15) is 13.2 Å². The fourth-order valence-corrected chi connectivity index (χ4v) is 2.77. The minimum Gasteiger partial charge on any atom is -0.481 e. The van der Waals surface area contributed by atoms with Crippen LogP contribution in [-0.4, -0.2) is 42.6 Å². The number of sulfonamides is 1. The molecule has 1 fully saturated rings. The quantitative estimate of drug-likeness (QED) is 0.732. The Morgan fingerprint density at radius 3 is 2.50 bits per heavy atom. The van der Waals surface area contributed by atoms with Crippen molar-refractivity contribution in [2.75, 3.05) is 12.8 Å². The van der Waals surface area contributed by atoms with Gasteiger partial charge in [-0.25, -0.2) is 8.42 Å². The predicted molar refractivity (Wildman–Crippen MR) is 51.4 cm³/mol. The number of carbonyl (C=O) groups is 1. The van der Waals surface area contributed by atoms with Crippen LogP contribution in [0.5, 0.6) is 0 Å². The topological polar surface area (TPSA) is 74.7 Å². The lowest BCUT2D eigenvalue weighted by Crippen LogP contribution is -2.51.